The van der Waals surface area contributed by atoms with Gasteiger partial charge in [0, 0.05) is 11.3 Å². The number of nitrogens with one attached hydrogen (secondary N) is 2. The van der Waals surface area contributed by atoms with Crippen LogP contribution in [0.3, 0.4) is 0 Å². The van der Waals surface area contributed by atoms with Crippen LogP contribution in [-0.4, -0.2) is 26.6 Å². The van der Waals surface area contributed by atoms with Gasteiger partial charge in [0.2, 0.25) is 17.8 Å². The fourth-order valence-corrected chi connectivity index (χ4v) is 3.25. The van der Waals surface area contributed by atoms with Crippen molar-refractivity contribution in [3.05, 3.63) is 59.7 Å². The summed E-state index contributed by atoms with van der Waals surface area (Å²) in [7, 11) is 0. The molecular weight excluding hydrogens is 342 g/mol. The highest BCUT2D eigenvalue weighted by Gasteiger charge is 2.33. The minimum Gasteiger partial charge on any atom is -0.324 e. The van der Waals surface area contributed by atoms with Gasteiger partial charge in [-0.1, -0.05) is 36.4 Å². The molecule has 2 N–H and O–H groups in total. The van der Waals surface area contributed by atoms with Gasteiger partial charge >= 0.3 is 0 Å². The molecule has 1 aliphatic rings. The molecule has 0 saturated carbocycles. The Hall–Kier alpha value is -3.48. The lowest BCUT2D eigenvalue weighted by Crippen LogP contribution is -2.36. The first kappa shape index (κ1) is 17.0. The Morgan fingerprint density at radius 1 is 1.15 bits per heavy atom. The zero-order valence-electron chi connectivity index (χ0n) is 15.1. The third-order valence-electron chi connectivity index (χ3n) is 4.38. The van der Waals surface area contributed by atoms with E-state index in [2.05, 4.69) is 20.7 Å². The van der Waals surface area contributed by atoms with Gasteiger partial charge in [-0.25, -0.2) is 4.68 Å². The van der Waals surface area contributed by atoms with Crippen molar-refractivity contribution in [1.29, 1.82) is 0 Å². The van der Waals surface area contributed by atoms with Crippen molar-refractivity contribution in [2.45, 2.75) is 26.3 Å². The van der Waals surface area contributed by atoms with Crippen LogP contribution in [0.2, 0.25) is 0 Å². The maximum Gasteiger partial charge on any atom is 0.249 e. The Bertz CT molecular complexity index is 1010. The number of amides is 2. The minimum atomic E-state index is -0.750. The van der Waals surface area contributed by atoms with Gasteiger partial charge in [-0.05, 0) is 37.1 Å². The Kier molecular flexibility index (Phi) is 4.19. The van der Waals surface area contributed by atoms with E-state index in [4.69, 9.17) is 0 Å². The summed E-state index contributed by atoms with van der Waals surface area (Å²) < 4.78 is 1.49. The standard InChI is InChI=1S/C20H19N5O2/c1-12-8-13(2)10-15(9-12)21-19(27)16-11-17(26)22-20-23-18(24-25(16)20)14-6-4-3-5-7-14/h3-10,16H,11H2,1-2H3,(H,21,27)(H,22,23,24,26)/t16-/m0/s1. The van der Waals surface area contributed by atoms with Crippen LogP contribution in [0.1, 0.15) is 23.6 Å². The number of fused-ring (bicyclic) bond motifs is 1. The maximum absolute atomic E-state index is 12.9. The summed E-state index contributed by atoms with van der Waals surface area (Å²) in [5.74, 6) is 0.207. The van der Waals surface area contributed by atoms with Crippen molar-refractivity contribution in [3.63, 3.8) is 0 Å². The van der Waals surface area contributed by atoms with Gasteiger partial charge in [0.05, 0.1) is 6.42 Å². The maximum atomic E-state index is 12.9. The molecule has 3 aromatic rings. The van der Waals surface area contributed by atoms with E-state index in [1.807, 2.05) is 62.4 Å². The second kappa shape index (κ2) is 6.68. The van der Waals surface area contributed by atoms with Gasteiger partial charge < -0.3 is 5.32 Å². The highest BCUT2D eigenvalue weighted by atomic mass is 16.2. The van der Waals surface area contributed by atoms with E-state index in [-0.39, 0.29) is 24.2 Å². The van der Waals surface area contributed by atoms with Gasteiger partial charge in [0.25, 0.3) is 0 Å². The Balaban J connectivity index is 1.65. The molecule has 1 atom stereocenters. The molecule has 2 amide bonds. The van der Waals surface area contributed by atoms with Gasteiger partial charge in [-0.15, -0.1) is 5.10 Å². The van der Waals surface area contributed by atoms with E-state index in [0.29, 0.717) is 11.5 Å². The van der Waals surface area contributed by atoms with Crippen molar-refractivity contribution in [1.82, 2.24) is 14.8 Å². The van der Waals surface area contributed by atoms with E-state index < -0.39 is 6.04 Å². The lowest BCUT2D eigenvalue weighted by atomic mass is 10.1. The normalized spacial score (nSPS) is 15.8. The number of hydrogen-bond acceptors (Lipinski definition) is 4. The molecular formula is C20H19N5O2. The number of anilines is 2. The molecule has 1 aromatic heterocycles. The number of hydrogen-bond donors (Lipinski definition) is 2. The van der Waals surface area contributed by atoms with Crippen LogP contribution in [0, 0.1) is 13.8 Å². The van der Waals surface area contributed by atoms with E-state index in [1.165, 1.54) is 4.68 Å². The molecule has 0 saturated heterocycles. The second-order valence-electron chi connectivity index (χ2n) is 6.70. The number of benzene rings is 2. The average Bonchev–Trinajstić information content (AvgIpc) is 3.04. The number of carbonyl (C=O) groups excluding carboxylic acids is 2. The molecule has 0 spiro atoms. The van der Waals surface area contributed by atoms with Gasteiger partial charge in [-0.3, -0.25) is 14.9 Å². The molecule has 0 bridgehead atoms. The molecule has 4 rings (SSSR count). The molecule has 2 heterocycles. The monoisotopic (exact) mass is 361 g/mol. The summed E-state index contributed by atoms with van der Waals surface area (Å²) in [6.07, 6.45) is 0.0151. The molecule has 1 aliphatic heterocycles. The SMILES string of the molecule is Cc1cc(C)cc(NC(=O)[C@@H]2CC(=O)Nc3nc(-c4ccccc4)nn32)c1. The minimum absolute atomic E-state index is 0.0151. The smallest absolute Gasteiger partial charge is 0.249 e. The fourth-order valence-electron chi connectivity index (χ4n) is 3.25. The first-order chi connectivity index (χ1) is 13.0. The summed E-state index contributed by atoms with van der Waals surface area (Å²) in [6.45, 7) is 3.94. The third kappa shape index (κ3) is 3.44. The highest BCUT2D eigenvalue weighted by molar-refractivity contribution is 6.00. The molecule has 7 nitrogen and oxygen atoms in total. The fraction of sp³-hybridized carbons (Fsp3) is 0.200. The first-order valence-electron chi connectivity index (χ1n) is 8.70. The zero-order valence-corrected chi connectivity index (χ0v) is 15.1. The third-order valence-corrected chi connectivity index (χ3v) is 4.38. The van der Waals surface area contributed by atoms with Crippen LogP contribution in [0.15, 0.2) is 48.5 Å². The molecule has 0 aliphatic carbocycles. The quantitative estimate of drug-likeness (QED) is 0.750. The van der Waals surface area contributed by atoms with Gasteiger partial charge in [-0.2, -0.15) is 4.98 Å². The molecule has 0 fully saturated rings. The zero-order chi connectivity index (χ0) is 19.0. The topological polar surface area (TPSA) is 88.9 Å². The van der Waals surface area contributed by atoms with Crippen LogP contribution in [0.5, 0.6) is 0 Å². The van der Waals surface area contributed by atoms with E-state index in [0.717, 1.165) is 16.7 Å². The predicted octanol–water partition coefficient (Wildman–Crippen LogP) is 3.08. The van der Waals surface area contributed by atoms with Crippen molar-refractivity contribution in [2.24, 2.45) is 0 Å². The number of carbonyl (C=O) groups is 2. The first-order valence-corrected chi connectivity index (χ1v) is 8.70. The summed E-state index contributed by atoms with van der Waals surface area (Å²) in [5.41, 5.74) is 3.63. The largest absolute Gasteiger partial charge is 0.324 e. The van der Waals surface area contributed by atoms with Crippen molar-refractivity contribution >= 4 is 23.5 Å². The van der Waals surface area contributed by atoms with Crippen LogP contribution >= 0.6 is 0 Å². The van der Waals surface area contributed by atoms with Crippen molar-refractivity contribution in [3.8, 4) is 11.4 Å². The molecule has 27 heavy (non-hydrogen) atoms. The van der Waals surface area contributed by atoms with Crippen LogP contribution in [0.4, 0.5) is 11.6 Å². The summed E-state index contributed by atoms with van der Waals surface area (Å²) in [6, 6.07) is 14.5. The van der Waals surface area contributed by atoms with Gasteiger partial charge in [0.15, 0.2) is 5.82 Å². The van der Waals surface area contributed by atoms with E-state index >= 15 is 0 Å². The Labute approximate surface area is 156 Å². The summed E-state index contributed by atoms with van der Waals surface area (Å²) >= 11 is 0. The predicted molar refractivity (Wildman–Crippen MR) is 102 cm³/mol. The van der Waals surface area contributed by atoms with Crippen LogP contribution in [0.25, 0.3) is 11.4 Å². The molecule has 0 radical (unpaired) electrons. The van der Waals surface area contributed by atoms with Crippen molar-refractivity contribution < 1.29 is 9.59 Å². The Morgan fingerprint density at radius 3 is 2.56 bits per heavy atom. The number of aryl methyl sites for hydroxylation is 2. The lowest BCUT2D eigenvalue weighted by Gasteiger charge is -2.22. The van der Waals surface area contributed by atoms with Crippen molar-refractivity contribution in [2.75, 3.05) is 10.6 Å². The van der Waals surface area contributed by atoms with Crippen LogP contribution in [-0.2, 0) is 9.59 Å². The molecule has 136 valence electrons. The lowest BCUT2D eigenvalue weighted by molar-refractivity contribution is -0.125. The number of nitrogens with zero attached hydrogens (tertiary/aromatic N) is 3. The second-order valence-corrected chi connectivity index (χ2v) is 6.70. The molecule has 7 heteroatoms. The van der Waals surface area contributed by atoms with E-state index in [1.54, 1.807) is 0 Å². The van der Waals surface area contributed by atoms with Crippen LogP contribution < -0.4 is 10.6 Å². The van der Waals surface area contributed by atoms with E-state index in [9.17, 15) is 9.59 Å². The summed E-state index contributed by atoms with van der Waals surface area (Å²) in [5, 5.41) is 10.0. The number of rotatable bonds is 3. The molecule has 0 unspecified atom stereocenters. The molecule has 2 aromatic carbocycles. The highest BCUT2D eigenvalue weighted by Crippen LogP contribution is 2.27. The number of aromatic nitrogens is 3. The van der Waals surface area contributed by atoms with Gasteiger partial charge in [0.1, 0.15) is 6.04 Å². The Morgan fingerprint density at radius 2 is 1.85 bits per heavy atom. The average molecular weight is 361 g/mol. The summed E-state index contributed by atoms with van der Waals surface area (Å²) in [4.78, 5) is 29.3.